The molecular weight excluding hydrogens is 318 g/mol. The molecule has 126 valence electrons. The first-order valence-corrected chi connectivity index (χ1v) is 9.02. The van der Waals surface area contributed by atoms with Crippen LogP contribution >= 0.6 is 0 Å². The molecule has 0 unspecified atom stereocenters. The maximum absolute atomic E-state index is 13.1. The Morgan fingerprint density at radius 1 is 1.39 bits per heavy atom. The van der Waals surface area contributed by atoms with Crippen LogP contribution in [0.5, 0.6) is 0 Å². The van der Waals surface area contributed by atoms with Crippen LogP contribution in [-0.2, 0) is 21.3 Å². The van der Waals surface area contributed by atoms with Gasteiger partial charge in [0.05, 0.1) is 25.1 Å². The molecule has 0 saturated carbocycles. The van der Waals surface area contributed by atoms with Gasteiger partial charge in [-0.3, -0.25) is 4.68 Å². The summed E-state index contributed by atoms with van der Waals surface area (Å²) in [5.74, 6) is 0.603. The Balaban J connectivity index is 2.00. The van der Waals surface area contributed by atoms with Crippen molar-refractivity contribution in [3.8, 4) is 0 Å². The van der Waals surface area contributed by atoms with Gasteiger partial charge in [-0.25, -0.2) is 13.4 Å². The van der Waals surface area contributed by atoms with Gasteiger partial charge in [0.15, 0.2) is 0 Å². The van der Waals surface area contributed by atoms with Crippen LogP contribution in [0.1, 0.15) is 30.2 Å². The maximum Gasteiger partial charge on any atom is 0.247 e. The standard InChI is InChI=1S/C14H21N5O3S/c1-4-18-11(3)13(8-16-18)23(20,21)19-5-6-22-9-12(19)14-15-7-10(2)17-14/h7-8,12H,4-6,9H2,1-3H3,(H,15,17)/t12-/m1/s1. The van der Waals surface area contributed by atoms with Gasteiger partial charge in [0, 0.05) is 25.0 Å². The van der Waals surface area contributed by atoms with Crippen molar-refractivity contribution in [2.75, 3.05) is 19.8 Å². The number of ether oxygens (including phenoxy) is 1. The van der Waals surface area contributed by atoms with Crippen molar-refractivity contribution < 1.29 is 13.2 Å². The van der Waals surface area contributed by atoms with Gasteiger partial charge < -0.3 is 9.72 Å². The summed E-state index contributed by atoms with van der Waals surface area (Å²) in [4.78, 5) is 7.64. The zero-order chi connectivity index (χ0) is 16.6. The van der Waals surface area contributed by atoms with E-state index in [1.54, 1.807) is 17.8 Å². The average molecular weight is 339 g/mol. The molecular formula is C14H21N5O3S. The molecule has 0 aromatic carbocycles. The first-order chi connectivity index (χ1) is 10.9. The number of aromatic amines is 1. The summed E-state index contributed by atoms with van der Waals surface area (Å²) in [5, 5.41) is 4.15. The molecule has 3 rings (SSSR count). The van der Waals surface area contributed by atoms with Crippen molar-refractivity contribution in [2.45, 2.75) is 38.3 Å². The van der Waals surface area contributed by atoms with Gasteiger partial charge in [0.1, 0.15) is 16.8 Å². The second-order valence-electron chi connectivity index (χ2n) is 5.57. The number of morpholine rings is 1. The third-order valence-corrected chi connectivity index (χ3v) is 6.07. The fourth-order valence-corrected chi connectivity index (χ4v) is 4.54. The number of hydrogen-bond donors (Lipinski definition) is 1. The van der Waals surface area contributed by atoms with Crippen molar-refractivity contribution >= 4 is 10.0 Å². The summed E-state index contributed by atoms with van der Waals surface area (Å²) in [5.41, 5.74) is 1.53. The molecule has 1 atom stereocenters. The quantitative estimate of drug-likeness (QED) is 0.897. The van der Waals surface area contributed by atoms with Crippen LogP contribution in [0.25, 0.3) is 0 Å². The molecule has 1 N–H and O–H groups in total. The van der Waals surface area contributed by atoms with Gasteiger partial charge >= 0.3 is 0 Å². The van der Waals surface area contributed by atoms with Crippen LogP contribution in [-0.4, -0.2) is 52.2 Å². The lowest BCUT2D eigenvalue weighted by atomic mass is 10.2. The monoisotopic (exact) mass is 339 g/mol. The lowest BCUT2D eigenvalue weighted by Crippen LogP contribution is -2.43. The third-order valence-electron chi connectivity index (χ3n) is 4.06. The Kier molecular flexibility index (Phi) is 4.26. The number of rotatable bonds is 4. The fraction of sp³-hybridized carbons (Fsp3) is 0.571. The smallest absolute Gasteiger partial charge is 0.247 e. The van der Waals surface area contributed by atoms with Gasteiger partial charge in [0.25, 0.3) is 0 Å². The van der Waals surface area contributed by atoms with Crippen molar-refractivity contribution in [1.29, 1.82) is 0 Å². The van der Waals surface area contributed by atoms with E-state index in [0.29, 0.717) is 31.2 Å². The number of H-pyrrole nitrogens is 1. The van der Waals surface area contributed by atoms with Crippen LogP contribution in [0, 0.1) is 13.8 Å². The molecule has 0 spiro atoms. The summed E-state index contributed by atoms with van der Waals surface area (Å²) in [7, 11) is -3.66. The van der Waals surface area contributed by atoms with Crippen molar-refractivity contribution in [1.82, 2.24) is 24.1 Å². The summed E-state index contributed by atoms with van der Waals surface area (Å²) in [6.45, 7) is 7.17. The highest BCUT2D eigenvalue weighted by molar-refractivity contribution is 7.89. The molecule has 0 amide bonds. The van der Waals surface area contributed by atoms with E-state index in [1.165, 1.54) is 10.5 Å². The number of aryl methyl sites for hydroxylation is 2. The highest BCUT2D eigenvalue weighted by Gasteiger charge is 2.38. The van der Waals surface area contributed by atoms with E-state index in [1.807, 2.05) is 13.8 Å². The molecule has 1 fully saturated rings. The first kappa shape index (κ1) is 16.2. The zero-order valence-corrected chi connectivity index (χ0v) is 14.3. The Hall–Kier alpha value is -1.71. The van der Waals surface area contributed by atoms with Crippen LogP contribution in [0.15, 0.2) is 17.3 Å². The van der Waals surface area contributed by atoms with E-state index in [4.69, 9.17) is 4.74 Å². The summed E-state index contributed by atoms with van der Waals surface area (Å²) in [6.07, 6.45) is 3.11. The maximum atomic E-state index is 13.1. The molecule has 0 bridgehead atoms. The highest BCUT2D eigenvalue weighted by Crippen LogP contribution is 2.30. The highest BCUT2D eigenvalue weighted by atomic mass is 32.2. The first-order valence-electron chi connectivity index (χ1n) is 7.58. The Morgan fingerprint density at radius 2 is 2.17 bits per heavy atom. The van der Waals surface area contributed by atoms with Crippen molar-refractivity contribution in [3.05, 3.63) is 29.6 Å². The summed E-state index contributed by atoms with van der Waals surface area (Å²) in [6, 6.07) is -0.452. The molecule has 8 nitrogen and oxygen atoms in total. The molecule has 1 saturated heterocycles. The third kappa shape index (κ3) is 2.79. The fourth-order valence-electron chi connectivity index (χ4n) is 2.82. The minimum absolute atomic E-state index is 0.245. The van der Waals surface area contributed by atoms with E-state index >= 15 is 0 Å². The van der Waals surface area contributed by atoms with E-state index < -0.39 is 16.1 Å². The number of nitrogens with zero attached hydrogens (tertiary/aromatic N) is 4. The number of imidazole rings is 1. The Labute approximate surface area is 135 Å². The minimum atomic E-state index is -3.66. The van der Waals surface area contributed by atoms with Crippen LogP contribution in [0.3, 0.4) is 0 Å². The Morgan fingerprint density at radius 3 is 2.78 bits per heavy atom. The van der Waals surface area contributed by atoms with Gasteiger partial charge in [-0.1, -0.05) is 0 Å². The molecule has 1 aliphatic rings. The predicted octanol–water partition coefficient (Wildman–Crippen LogP) is 1.01. The van der Waals surface area contributed by atoms with Crippen LogP contribution in [0.2, 0.25) is 0 Å². The topological polar surface area (TPSA) is 93.1 Å². The zero-order valence-electron chi connectivity index (χ0n) is 13.5. The molecule has 23 heavy (non-hydrogen) atoms. The number of nitrogens with one attached hydrogen (secondary N) is 1. The number of sulfonamides is 1. The average Bonchev–Trinajstić information content (AvgIpc) is 3.13. The second kappa shape index (κ2) is 6.06. The molecule has 3 heterocycles. The van der Waals surface area contributed by atoms with Crippen LogP contribution < -0.4 is 0 Å². The van der Waals surface area contributed by atoms with E-state index in [-0.39, 0.29) is 11.5 Å². The van der Waals surface area contributed by atoms with Crippen molar-refractivity contribution in [3.63, 3.8) is 0 Å². The SMILES string of the molecule is CCn1ncc(S(=O)(=O)N2CCOC[C@@H]2c2ncc(C)[nH]2)c1C. The van der Waals surface area contributed by atoms with Gasteiger partial charge in [-0.15, -0.1) is 0 Å². The molecule has 0 radical (unpaired) electrons. The lowest BCUT2D eigenvalue weighted by molar-refractivity contribution is 0.0292. The van der Waals surface area contributed by atoms with Crippen LogP contribution in [0.4, 0.5) is 0 Å². The largest absolute Gasteiger partial charge is 0.378 e. The minimum Gasteiger partial charge on any atom is -0.378 e. The molecule has 0 aliphatic carbocycles. The van der Waals surface area contributed by atoms with Crippen molar-refractivity contribution in [2.24, 2.45) is 0 Å². The molecule has 9 heteroatoms. The number of aromatic nitrogens is 4. The van der Waals surface area contributed by atoms with Gasteiger partial charge in [0.2, 0.25) is 10.0 Å². The Bertz CT molecular complexity index is 795. The predicted molar refractivity (Wildman–Crippen MR) is 83.4 cm³/mol. The molecule has 2 aromatic rings. The van der Waals surface area contributed by atoms with E-state index in [2.05, 4.69) is 15.1 Å². The lowest BCUT2D eigenvalue weighted by Gasteiger charge is -2.33. The van der Waals surface area contributed by atoms with Gasteiger partial charge in [-0.2, -0.15) is 9.40 Å². The second-order valence-corrected chi connectivity index (χ2v) is 7.43. The molecule has 2 aromatic heterocycles. The summed E-state index contributed by atoms with van der Waals surface area (Å²) < 4.78 is 34.8. The van der Waals surface area contributed by atoms with E-state index in [0.717, 1.165) is 5.69 Å². The number of hydrogen-bond acceptors (Lipinski definition) is 5. The van der Waals surface area contributed by atoms with Gasteiger partial charge in [-0.05, 0) is 20.8 Å². The molecule has 1 aliphatic heterocycles. The normalized spacial score (nSPS) is 20.0. The summed E-state index contributed by atoms with van der Waals surface area (Å²) >= 11 is 0. The van der Waals surface area contributed by atoms with E-state index in [9.17, 15) is 8.42 Å².